The minimum atomic E-state index is 0.0292. The van der Waals surface area contributed by atoms with Crippen LogP contribution in [0.2, 0.25) is 0 Å². The molecule has 0 aliphatic carbocycles. The number of rotatable bonds is 11. The van der Waals surface area contributed by atoms with Crippen LogP contribution in [0.1, 0.15) is 45.6 Å². The molecule has 1 rings (SSSR count). The van der Waals surface area contributed by atoms with Gasteiger partial charge in [-0.25, -0.2) is 0 Å². The van der Waals surface area contributed by atoms with E-state index in [1.54, 1.807) is 0 Å². The Morgan fingerprint density at radius 1 is 1.24 bits per heavy atom. The van der Waals surface area contributed by atoms with Crippen molar-refractivity contribution in [2.24, 2.45) is 0 Å². The molecular weight excluding hydrogens is 284 g/mol. The minimum Gasteiger partial charge on any atom is -0.381 e. The van der Waals surface area contributed by atoms with Crippen LogP contribution in [-0.2, 0) is 4.74 Å². The fraction of sp³-hybridized carbons (Fsp3) is 0.750. The second-order valence-electron chi connectivity index (χ2n) is 5.58. The van der Waals surface area contributed by atoms with Gasteiger partial charge in [0.25, 0.3) is 0 Å². The molecule has 0 aliphatic heterocycles. The predicted molar refractivity (Wildman–Crippen MR) is 91.7 cm³/mol. The number of nitrogens with zero attached hydrogens (tertiary/aromatic N) is 1. The van der Waals surface area contributed by atoms with Crippen LogP contribution in [0.15, 0.2) is 4.79 Å². The quantitative estimate of drug-likeness (QED) is 0.502. The van der Waals surface area contributed by atoms with Gasteiger partial charge in [0.1, 0.15) is 4.51 Å². The summed E-state index contributed by atoms with van der Waals surface area (Å²) in [6, 6.07) is 0. The van der Waals surface area contributed by atoms with Crippen molar-refractivity contribution in [2.75, 3.05) is 44.7 Å². The number of hydrogen-bond donors (Lipinski definition) is 1. The van der Waals surface area contributed by atoms with Crippen molar-refractivity contribution >= 4 is 17.9 Å². The number of nitrogens with one attached hydrogen (secondary N) is 1. The molecule has 0 spiro atoms. The normalized spacial score (nSPS) is 11.7. The third-order valence-electron chi connectivity index (χ3n) is 3.61. The molecule has 0 unspecified atom stereocenters. The average Bonchev–Trinajstić information content (AvgIpc) is 2.46. The third kappa shape index (κ3) is 5.16. The zero-order valence-electron chi connectivity index (χ0n) is 13.7. The van der Waals surface area contributed by atoms with E-state index in [0.29, 0.717) is 17.7 Å². The smallest absolute Gasteiger partial charge is 0.204 e. The lowest BCUT2D eigenvalue weighted by Gasteiger charge is -2.20. The highest BCUT2D eigenvalue weighted by Crippen LogP contribution is 2.24. The van der Waals surface area contributed by atoms with Crippen molar-refractivity contribution in [1.82, 2.24) is 4.90 Å². The molecule has 0 fully saturated rings. The fourth-order valence-corrected chi connectivity index (χ4v) is 2.72. The van der Waals surface area contributed by atoms with Crippen LogP contribution in [0, 0.1) is 4.51 Å². The summed E-state index contributed by atoms with van der Waals surface area (Å²) >= 11 is 5.09. The maximum atomic E-state index is 11.6. The van der Waals surface area contributed by atoms with Crippen LogP contribution in [0.3, 0.4) is 0 Å². The molecule has 0 saturated heterocycles. The first kappa shape index (κ1) is 18.3. The first-order chi connectivity index (χ1) is 10.0. The summed E-state index contributed by atoms with van der Waals surface area (Å²) in [6.07, 6.45) is 1.17. The van der Waals surface area contributed by atoms with E-state index < -0.39 is 0 Å². The van der Waals surface area contributed by atoms with Crippen LogP contribution in [0.25, 0.3) is 0 Å². The van der Waals surface area contributed by atoms with E-state index in [1.165, 1.54) is 6.42 Å². The van der Waals surface area contributed by atoms with Crippen molar-refractivity contribution in [1.29, 1.82) is 0 Å². The summed E-state index contributed by atoms with van der Waals surface area (Å²) in [5.74, 6) is 0.222. The monoisotopic (exact) mass is 312 g/mol. The molecule has 1 aromatic carbocycles. The molecular formula is C16H28N2O2S. The highest BCUT2D eigenvalue weighted by molar-refractivity contribution is 7.71. The summed E-state index contributed by atoms with van der Waals surface area (Å²) in [4.78, 5) is 14.0. The molecule has 0 atom stereocenters. The first-order valence-corrected chi connectivity index (χ1v) is 8.30. The van der Waals surface area contributed by atoms with Gasteiger partial charge in [-0.3, -0.25) is 4.79 Å². The summed E-state index contributed by atoms with van der Waals surface area (Å²) in [5.41, 5.74) is 1.72. The van der Waals surface area contributed by atoms with Gasteiger partial charge in [-0.15, -0.1) is 0 Å². The molecule has 21 heavy (non-hydrogen) atoms. The Balaban J connectivity index is 2.22. The van der Waals surface area contributed by atoms with Crippen LogP contribution < -0.4 is 10.7 Å². The average molecular weight is 312 g/mol. The van der Waals surface area contributed by atoms with E-state index in [4.69, 9.17) is 17.0 Å². The van der Waals surface area contributed by atoms with E-state index in [1.807, 2.05) is 13.8 Å². The first-order valence-electron chi connectivity index (χ1n) is 7.90. The van der Waals surface area contributed by atoms with E-state index >= 15 is 0 Å². The van der Waals surface area contributed by atoms with E-state index in [0.717, 1.165) is 37.5 Å². The second kappa shape index (κ2) is 9.28. The summed E-state index contributed by atoms with van der Waals surface area (Å²) in [7, 11) is 0. The van der Waals surface area contributed by atoms with Gasteiger partial charge in [0.05, 0.1) is 18.9 Å². The molecule has 0 heterocycles. The standard InChI is InChI=1S/C16H28N2O2S/c1-5-8-18(6-2)9-11-20-10-7-17-14-13(12(3)4)15(19)16(14)21/h12,17H,5-11H2,1-4H3. The van der Waals surface area contributed by atoms with Crippen molar-refractivity contribution in [3.8, 4) is 0 Å². The molecule has 4 nitrogen and oxygen atoms in total. The lowest BCUT2D eigenvalue weighted by atomic mass is 9.96. The van der Waals surface area contributed by atoms with Gasteiger partial charge >= 0.3 is 0 Å². The summed E-state index contributed by atoms with van der Waals surface area (Å²) < 4.78 is 6.08. The number of likely N-dealkylation sites (N-methyl/N-ethyl adjacent to an activating group) is 1. The Kier molecular flexibility index (Phi) is 8.07. The van der Waals surface area contributed by atoms with Gasteiger partial charge < -0.3 is 15.0 Å². The fourth-order valence-electron chi connectivity index (χ4n) is 2.42. The van der Waals surface area contributed by atoms with Gasteiger partial charge in [0.2, 0.25) is 5.43 Å². The SMILES string of the molecule is CCCN(CC)CCOCCNc1c(C(C)C)c(=O)c1=S. The molecule has 5 heteroatoms. The molecule has 0 bridgehead atoms. The molecule has 0 amide bonds. The van der Waals surface area contributed by atoms with Gasteiger partial charge in [-0.2, -0.15) is 0 Å². The number of hydrogen-bond acceptors (Lipinski definition) is 5. The second-order valence-corrected chi connectivity index (χ2v) is 5.98. The zero-order valence-corrected chi connectivity index (χ0v) is 14.5. The lowest BCUT2D eigenvalue weighted by molar-refractivity contribution is 0.113. The zero-order chi connectivity index (χ0) is 15.8. The summed E-state index contributed by atoms with van der Waals surface area (Å²) in [6.45, 7) is 13.6. The van der Waals surface area contributed by atoms with E-state index in [9.17, 15) is 4.79 Å². The highest BCUT2D eigenvalue weighted by Gasteiger charge is 2.19. The Labute approximate surface area is 133 Å². The van der Waals surface area contributed by atoms with Gasteiger partial charge in [0.15, 0.2) is 0 Å². The minimum absolute atomic E-state index is 0.0292. The number of anilines is 1. The Hall–Kier alpha value is -0.780. The molecule has 0 aromatic heterocycles. The maximum Gasteiger partial charge on any atom is 0.204 e. The predicted octanol–water partition coefficient (Wildman–Crippen LogP) is 2.94. The van der Waals surface area contributed by atoms with Crippen molar-refractivity contribution in [3.05, 3.63) is 20.3 Å². The Morgan fingerprint density at radius 3 is 2.52 bits per heavy atom. The van der Waals surface area contributed by atoms with E-state index in [2.05, 4.69) is 24.1 Å². The van der Waals surface area contributed by atoms with Crippen molar-refractivity contribution in [2.45, 2.75) is 40.0 Å². The van der Waals surface area contributed by atoms with Crippen LogP contribution in [-0.4, -0.2) is 44.3 Å². The van der Waals surface area contributed by atoms with Crippen molar-refractivity contribution < 1.29 is 4.74 Å². The topological polar surface area (TPSA) is 41.6 Å². The lowest BCUT2D eigenvalue weighted by Crippen LogP contribution is -2.29. The van der Waals surface area contributed by atoms with Crippen LogP contribution >= 0.6 is 12.2 Å². The molecule has 120 valence electrons. The molecule has 0 saturated carbocycles. The van der Waals surface area contributed by atoms with Gasteiger partial charge in [-0.05, 0) is 25.4 Å². The highest BCUT2D eigenvalue weighted by atomic mass is 32.1. The largest absolute Gasteiger partial charge is 0.381 e. The molecule has 1 aromatic rings. The molecule has 0 aliphatic rings. The maximum absolute atomic E-state index is 11.6. The number of ether oxygens (including phenoxy) is 1. The van der Waals surface area contributed by atoms with Gasteiger partial charge in [-0.1, -0.05) is 39.9 Å². The van der Waals surface area contributed by atoms with Crippen LogP contribution in [0.4, 0.5) is 5.69 Å². The third-order valence-corrected chi connectivity index (χ3v) is 4.00. The summed E-state index contributed by atoms with van der Waals surface area (Å²) in [5, 5.41) is 3.24. The van der Waals surface area contributed by atoms with E-state index in [-0.39, 0.29) is 11.3 Å². The van der Waals surface area contributed by atoms with Gasteiger partial charge in [0, 0.05) is 18.7 Å². The van der Waals surface area contributed by atoms with Crippen LogP contribution in [0.5, 0.6) is 0 Å². The Morgan fingerprint density at radius 2 is 1.95 bits per heavy atom. The van der Waals surface area contributed by atoms with Crippen molar-refractivity contribution in [3.63, 3.8) is 0 Å². The molecule has 0 radical (unpaired) electrons. The Bertz CT molecular complexity index is 493. The molecule has 1 N–H and O–H groups in total.